The fraction of sp³-hybridized carbons (Fsp3) is 0.714. The van der Waals surface area contributed by atoms with E-state index in [1.165, 1.54) is 0 Å². The van der Waals surface area contributed by atoms with Crippen molar-refractivity contribution in [3.63, 3.8) is 0 Å². The van der Waals surface area contributed by atoms with E-state index in [1.54, 1.807) is 6.92 Å². The minimum Gasteiger partial charge on any atom is -0.486 e. The smallest absolute Gasteiger partial charge is 0.486 e. The van der Waals surface area contributed by atoms with Crippen molar-refractivity contribution in [3.8, 4) is 5.75 Å². The zero-order valence-electron chi connectivity index (χ0n) is 19.9. The average Bonchev–Trinajstić information content (AvgIpc) is 2.77. The van der Waals surface area contributed by atoms with Gasteiger partial charge in [-0.1, -0.05) is 37.2 Å². The number of piperidine rings is 1. The molecular formula is C21H30F6N2O5S2. The summed E-state index contributed by atoms with van der Waals surface area (Å²) in [4.78, 5) is -0.811. The van der Waals surface area contributed by atoms with E-state index in [2.05, 4.69) is 0 Å². The molecule has 0 bridgehead atoms. The summed E-state index contributed by atoms with van der Waals surface area (Å²) in [6.07, 6.45) is 3.97. The summed E-state index contributed by atoms with van der Waals surface area (Å²) in [5, 5.41) is 0. The van der Waals surface area contributed by atoms with Crippen molar-refractivity contribution in [1.82, 2.24) is 4.13 Å². The summed E-state index contributed by atoms with van der Waals surface area (Å²) in [5.74, 6) is -7.18. The predicted octanol–water partition coefficient (Wildman–Crippen LogP) is 5.35. The Balaban J connectivity index is 2.73. The Hall–Kier alpha value is -1.74. The monoisotopic (exact) mass is 568 g/mol. The third kappa shape index (κ3) is 6.97. The molecule has 1 unspecified atom stereocenters. The van der Waals surface area contributed by atoms with Crippen LogP contribution < -0.4 is 13.8 Å². The fourth-order valence-corrected chi connectivity index (χ4v) is 6.53. The second kappa shape index (κ2) is 12.2. The molecule has 0 aromatic heterocycles. The van der Waals surface area contributed by atoms with Crippen LogP contribution in [0.3, 0.4) is 0 Å². The first kappa shape index (κ1) is 30.5. The molecule has 7 nitrogen and oxygen atoms in total. The van der Waals surface area contributed by atoms with Gasteiger partial charge in [0.15, 0.2) is 28.1 Å². The first-order valence-corrected chi connectivity index (χ1v) is 14.6. The molecule has 1 saturated heterocycles. The number of anilines is 1. The van der Waals surface area contributed by atoms with Gasteiger partial charge in [0.25, 0.3) is 10.0 Å². The van der Waals surface area contributed by atoms with E-state index in [9.17, 15) is 30.0 Å². The number of unbranched alkanes of at least 4 members (excludes halogenated alkanes) is 2. The third-order valence-electron chi connectivity index (χ3n) is 5.70. The molecule has 1 aliphatic heterocycles. The van der Waals surface area contributed by atoms with Crippen LogP contribution in [0.5, 0.6) is 5.75 Å². The molecule has 1 atom stereocenters. The molecule has 0 spiro atoms. The number of sulfonamides is 2. The molecule has 1 N–H and O–H groups in total. The molecular weight excluding hydrogens is 538 g/mol. The summed E-state index contributed by atoms with van der Waals surface area (Å²) >= 11 is 0. The average molecular weight is 569 g/mol. The number of halogens is 6. The second-order valence-corrected chi connectivity index (χ2v) is 12.1. The minimum absolute atomic E-state index is 0.119. The molecule has 1 aromatic carbocycles. The Kier molecular flexibility index (Phi) is 10.3. The molecule has 0 saturated carbocycles. The molecule has 0 radical (unpaired) electrons. The standard InChI is InChI=1S/C21H30F6N2O5S2/c1-3-5-7-11-14(10-4-2)34-19-17(24)18(29-12-8-6-9-13-29)15(22)16(23)20(19)35(30,31)28-36(32,33)21(25,26)27/h14,28H,3-13H2,1-2H3. The lowest BCUT2D eigenvalue weighted by molar-refractivity contribution is -0.0441. The topological polar surface area (TPSA) is 92.8 Å². The van der Waals surface area contributed by atoms with Crippen LogP contribution in [0.25, 0.3) is 0 Å². The summed E-state index contributed by atoms with van der Waals surface area (Å²) < 4.78 is 139. The Morgan fingerprint density at radius 3 is 2.03 bits per heavy atom. The molecule has 1 aromatic rings. The van der Waals surface area contributed by atoms with Gasteiger partial charge in [-0.15, -0.1) is 0 Å². The molecule has 0 aliphatic carbocycles. The molecule has 1 heterocycles. The maximum atomic E-state index is 15.7. The Labute approximate surface area is 207 Å². The molecule has 208 valence electrons. The van der Waals surface area contributed by atoms with Gasteiger partial charge in [-0.3, -0.25) is 0 Å². The maximum Gasteiger partial charge on any atom is 0.512 e. The van der Waals surface area contributed by atoms with Crippen LogP contribution in [0.15, 0.2) is 4.90 Å². The number of rotatable bonds is 12. The SMILES string of the molecule is CCCCCC(CCC)Oc1c(F)c(N2CCCCC2)c(F)c(F)c1S(=O)(=O)NS(=O)(=O)C(F)(F)F. The van der Waals surface area contributed by atoms with Crippen LogP contribution in [0, 0.1) is 17.5 Å². The molecule has 0 amide bonds. The zero-order chi connectivity index (χ0) is 27.3. The van der Waals surface area contributed by atoms with Gasteiger partial charge in [-0.05, 0) is 38.5 Å². The van der Waals surface area contributed by atoms with E-state index in [1.807, 2.05) is 6.92 Å². The summed E-state index contributed by atoms with van der Waals surface area (Å²) in [6.45, 7) is 3.89. The van der Waals surface area contributed by atoms with Crippen molar-refractivity contribution in [3.05, 3.63) is 17.5 Å². The highest BCUT2D eigenvalue weighted by Gasteiger charge is 2.50. The first-order valence-electron chi connectivity index (χ1n) is 11.6. The molecule has 1 aliphatic rings. The normalized spacial score (nSPS) is 16.3. The maximum absolute atomic E-state index is 15.7. The summed E-state index contributed by atoms with van der Waals surface area (Å²) in [5.41, 5.74) is -7.00. The number of alkyl halides is 3. The molecule has 2 rings (SSSR count). The lowest BCUT2D eigenvalue weighted by Gasteiger charge is -2.31. The number of nitrogens with zero attached hydrogens (tertiary/aromatic N) is 1. The number of hydrogen-bond donors (Lipinski definition) is 1. The Morgan fingerprint density at radius 2 is 1.50 bits per heavy atom. The number of benzene rings is 1. The van der Waals surface area contributed by atoms with Gasteiger partial charge < -0.3 is 9.64 Å². The van der Waals surface area contributed by atoms with Crippen LogP contribution in [0.2, 0.25) is 0 Å². The van der Waals surface area contributed by atoms with Crippen LogP contribution in [-0.2, 0) is 20.0 Å². The first-order chi connectivity index (χ1) is 16.7. The fourth-order valence-electron chi connectivity index (χ4n) is 3.95. The predicted molar refractivity (Wildman–Crippen MR) is 121 cm³/mol. The lowest BCUT2D eigenvalue weighted by Crippen LogP contribution is -2.41. The van der Waals surface area contributed by atoms with Crippen molar-refractivity contribution in [1.29, 1.82) is 0 Å². The summed E-state index contributed by atoms with van der Waals surface area (Å²) in [6, 6.07) is 0. The van der Waals surface area contributed by atoms with Gasteiger partial charge in [-0.25, -0.2) is 30.0 Å². The minimum atomic E-state index is -6.57. The molecule has 36 heavy (non-hydrogen) atoms. The van der Waals surface area contributed by atoms with E-state index in [-0.39, 0.29) is 25.9 Å². The lowest BCUT2D eigenvalue weighted by atomic mass is 10.1. The molecule has 1 fully saturated rings. The van der Waals surface area contributed by atoms with Crippen LogP contribution in [0.4, 0.5) is 32.0 Å². The van der Waals surface area contributed by atoms with E-state index >= 15 is 13.2 Å². The third-order valence-corrected chi connectivity index (χ3v) is 8.97. The van der Waals surface area contributed by atoms with E-state index < -0.39 is 65.4 Å². The van der Waals surface area contributed by atoms with E-state index in [0.29, 0.717) is 29.8 Å². The second-order valence-electron chi connectivity index (χ2n) is 8.56. The van der Waals surface area contributed by atoms with Crippen molar-refractivity contribution in [2.75, 3.05) is 18.0 Å². The van der Waals surface area contributed by atoms with Crippen molar-refractivity contribution in [2.45, 2.75) is 88.1 Å². The highest BCUT2D eigenvalue weighted by atomic mass is 32.3. The molecule has 15 heteroatoms. The quantitative estimate of drug-likeness (QED) is 0.208. The number of hydrogen-bond acceptors (Lipinski definition) is 6. The van der Waals surface area contributed by atoms with Gasteiger partial charge in [0.2, 0.25) is 0 Å². The van der Waals surface area contributed by atoms with Crippen molar-refractivity contribution >= 4 is 25.7 Å². The van der Waals surface area contributed by atoms with Gasteiger partial charge in [0, 0.05) is 13.1 Å². The zero-order valence-corrected chi connectivity index (χ0v) is 21.6. The van der Waals surface area contributed by atoms with Crippen molar-refractivity contribution in [2.24, 2.45) is 0 Å². The Bertz CT molecular complexity index is 1120. The van der Waals surface area contributed by atoms with Crippen LogP contribution >= 0.6 is 0 Å². The highest BCUT2D eigenvalue weighted by molar-refractivity contribution is 8.05. The van der Waals surface area contributed by atoms with E-state index in [0.717, 1.165) is 24.2 Å². The number of nitrogens with one attached hydrogen (secondary N) is 1. The van der Waals surface area contributed by atoms with Gasteiger partial charge >= 0.3 is 15.5 Å². The van der Waals surface area contributed by atoms with Crippen LogP contribution in [-0.4, -0.2) is 41.5 Å². The summed E-state index contributed by atoms with van der Waals surface area (Å²) in [7, 11) is -12.6. The van der Waals surface area contributed by atoms with Gasteiger partial charge in [0.1, 0.15) is 5.69 Å². The largest absolute Gasteiger partial charge is 0.512 e. The van der Waals surface area contributed by atoms with E-state index in [4.69, 9.17) is 4.74 Å². The Morgan fingerprint density at radius 1 is 0.889 bits per heavy atom. The van der Waals surface area contributed by atoms with Crippen LogP contribution in [0.1, 0.15) is 71.6 Å². The number of ether oxygens (including phenoxy) is 1. The highest BCUT2D eigenvalue weighted by Crippen LogP contribution is 2.41. The van der Waals surface area contributed by atoms with Gasteiger partial charge in [-0.2, -0.15) is 13.2 Å². The van der Waals surface area contributed by atoms with Crippen molar-refractivity contribution < 1.29 is 47.9 Å². The van der Waals surface area contributed by atoms with Gasteiger partial charge in [0.05, 0.1) is 6.10 Å².